The second kappa shape index (κ2) is 5.43. The molecule has 2 aromatic rings. The van der Waals surface area contributed by atoms with Gasteiger partial charge in [-0.1, -0.05) is 6.07 Å². The molecule has 0 amide bonds. The van der Waals surface area contributed by atoms with Crippen molar-refractivity contribution >= 4 is 5.97 Å². The van der Waals surface area contributed by atoms with Crippen LogP contribution in [0, 0.1) is 0 Å². The number of aromatic nitrogens is 3. The van der Waals surface area contributed by atoms with Gasteiger partial charge in [0.15, 0.2) is 0 Å². The van der Waals surface area contributed by atoms with Crippen molar-refractivity contribution in [3.8, 4) is 11.4 Å². The summed E-state index contributed by atoms with van der Waals surface area (Å²) in [5.41, 5.74) is 1.36. The smallest absolute Gasteiger partial charge is 0.303 e. The highest BCUT2D eigenvalue weighted by Gasteiger charge is 2.10. The second-order valence-corrected chi connectivity index (χ2v) is 4.09. The fourth-order valence-electron chi connectivity index (χ4n) is 1.73. The Morgan fingerprint density at radius 3 is 2.79 bits per heavy atom. The van der Waals surface area contributed by atoms with Gasteiger partial charge in [-0.15, -0.1) is 0 Å². The normalized spacial score (nSPS) is 10.4. The van der Waals surface area contributed by atoms with Gasteiger partial charge in [0.25, 0.3) is 5.56 Å². The van der Waals surface area contributed by atoms with Crippen LogP contribution < -0.4 is 5.56 Å². The van der Waals surface area contributed by atoms with Crippen molar-refractivity contribution in [1.29, 1.82) is 0 Å². The van der Waals surface area contributed by atoms with Gasteiger partial charge in [-0.25, -0.2) is 4.68 Å². The number of aryl methyl sites for hydroxylation is 2. The van der Waals surface area contributed by atoms with Crippen LogP contribution in [-0.2, 0) is 18.3 Å². The maximum absolute atomic E-state index is 11.9. The molecular formula is C13H13N3O3. The third-order valence-electron chi connectivity index (χ3n) is 2.67. The lowest BCUT2D eigenvalue weighted by Crippen LogP contribution is -2.24. The number of pyridine rings is 1. The molecule has 0 aromatic carbocycles. The molecular weight excluding hydrogens is 246 g/mol. The van der Waals surface area contributed by atoms with Crippen LogP contribution in [0.15, 0.2) is 35.3 Å². The molecule has 98 valence electrons. The molecule has 0 atom stereocenters. The van der Waals surface area contributed by atoms with Gasteiger partial charge in [-0.2, -0.15) is 5.10 Å². The molecule has 0 saturated heterocycles. The Labute approximate surface area is 109 Å². The Hall–Kier alpha value is -2.50. The summed E-state index contributed by atoms with van der Waals surface area (Å²) in [4.78, 5) is 26.6. The molecule has 0 fully saturated rings. The highest BCUT2D eigenvalue weighted by Crippen LogP contribution is 2.13. The fraction of sp³-hybridized carbons (Fsp3) is 0.231. The van der Waals surface area contributed by atoms with E-state index in [0.717, 1.165) is 0 Å². The Balaban J connectivity index is 2.42. The van der Waals surface area contributed by atoms with E-state index in [0.29, 0.717) is 17.0 Å². The Bertz CT molecular complexity index is 650. The van der Waals surface area contributed by atoms with Gasteiger partial charge in [-0.05, 0) is 24.6 Å². The number of carbonyl (C=O) groups is 1. The predicted molar refractivity (Wildman–Crippen MR) is 68.7 cm³/mol. The molecule has 2 heterocycles. The number of aliphatic carboxylic acids is 1. The molecule has 0 aliphatic rings. The molecule has 0 aliphatic heterocycles. The van der Waals surface area contributed by atoms with Gasteiger partial charge in [0.1, 0.15) is 5.69 Å². The molecule has 0 bridgehead atoms. The third kappa shape index (κ3) is 3.04. The molecule has 6 nitrogen and oxygen atoms in total. The van der Waals surface area contributed by atoms with Crippen molar-refractivity contribution in [2.24, 2.45) is 7.05 Å². The molecule has 0 unspecified atom stereocenters. The molecule has 6 heteroatoms. The van der Waals surface area contributed by atoms with Gasteiger partial charge in [0.05, 0.1) is 5.69 Å². The molecule has 0 radical (unpaired) electrons. The van der Waals surface area contributed by atoms with E-state index >= 15 is 0 Å². The van der Waals surface area contributed by atoms with Crippen molar-refractivity contribution in [3.05, 3.63) is 46.4 Å². The van der Waals surface area contributed by atoms with Gasteiger partial charge in [0.2, 0.25) is 0 Å². The first-order chi connectivity index (χ1) is 9.08. The number of carboxylic acid groups (broad SMARTS) is 1. The zero-order valence-corrected chi connectivity index (χ0v) is 10.4. The van der Waals surface area contributed by atoms with Gasteiger partial charge < -0.3 is 5.11 Å². The van der Waals surface area contributed by atoms with Crippen LogP contribution in [0.2, 0.25) is 0 Å². The van der Waals surface area contributed by atoms with Crippen molar-refractivity contribution in [2.75, 3.05) is 0 Å². The van der Waals surface area contributed by atoms with E-state index in [1.54, 1.807) is 31.4 Å². The molecule has 0 saturated carbocycles. The minimum Gasteiger partial charge on any atom is -0.481 e. The third-order valence-corrected chi connectivity index (χ3v) is 2.67. The Morgan fingerprint density at radius 1 is 1.37 bits per heavy atom. The van der Waals surface area contributed by atoms with Crippen molar-refractivity contribution in [2.45, 2.75) is 12.8 Å². The minimum atomic E-state index is -0.932. The van der Waals surface area contributed by atoms with Crippen LogP contribution in [0.1, 0.15) is 12.0 Å². The van der Waals surface area contributed by atoms with E-state index in [2.05, 4.69) is 10.1 Å². The van der Waals surface area contributed by atoms with E-state index in [4.69, 9.17) is 5.11 Å². The average molecular weight is 259 g/mol. The van der Waals surface area contributed by atoms with Crippen LogP contribution >= 0.6 is 0 Å². The Kier molecular flexibility index (Phi) is 3.70. The summed E-state index contributed by atoms with van der Waals surface area (Å²) >= 11 is 0. The van der Waals surface area contributed by atoms with Gasteiger partial charge >= 0.3 is 5.97 Å². The SMILES string of the molecule is Cn1nc(-c2ccccn2)cc(CCC(=O)O)c1=O. The van der Waals surface area contributed by atoms with Crippen LogP contribution in [0.3, 0.4) is 0 Å². The van der Waals surface area contributed by atoms with Gasteiger partial charge in [-0.3, -0.25) is 14.6 Å². The summed E-state index contributed by atoms with van der Waals surface area (Å²) in [6.45, 7) is 0. The molecule has 0 spiro atoms. The zero-order valence-electron chi connectivity index (χ0n) is 10.4. The standard InChI is InChI=1S/C13H13N3O3/c1-16-13(19)9(5-6-12(17)18)8-11(15-16)10-4-2-3-7-14-10/h2-4,7-8H,5-6H2,1H3,(H,17,18). The van der Waals surface area contributed by atoms with E-state index in [1.165, 1.54) is 4.68 Å². The largest absolute Gasteiger partial charge is 0.481 e. The first-order valence-electron chi connectivity index (χ1n) is 5.78. The van der Waals surface area contributed by atoms with Crippen molar-refractivity contribution in [1.82, 2.24) is 14.8 Å². The highest BCUT2D eigenvalue weighted by atomic mass is 16.4. The van der Waals surface area contributed by atoms with Gasteiger partial charge in [0, 0.05) is 25.2 Å². The highest BCUT2D eigenvalue weighted by molar-refractivity contribution is 5.67. The van der Waals surface area contributed by atoms with Crippen molar-refractivity contribution < 1.29 is 9.90 Å². The number of rotatable bonds is 4. The Morgan fingerprint density at radius 2 is 2.16 bits per heavy atom. The van der Waals surface area contributed by atoms with E-state index in [1.807, 2.05) is 6.07 Å². The summed E-state index contributed by atoms with van der Waals surface area (Å²) in [5, 5.41) is 12.8. The summed E-state index contributed by atoms with van der Waals surface area (Å²) in [6, 6.07) is 7.00. The molecule has 2 aromatic heterocycles. The van der Waals surface area contributed by atoms with Crippen LogP contribution in [0.25, 0.3) is 11.4 Å². The van der Waals surface area contributed by atoms with E-state index < -0.39 is 5.97 Å². The maximum atomic E-state index is 11.9. The summed E-state index contributed by atoms with van der Waals surface area (Å²) in [7, 11) is 1.54. The van der Waals surface area contributed by atoms with E-state index in [9.17, 15) is 9.59 Å². The second-order valence-electron chi connectivity index (χ2n) is 4.09. The minimum absolute atomic E-state index is 0.0824. The molecule has 2 rings (SSSR count). The first-order valence-corrected chi connectivity index (χ1v) is 5.78. The van der Waals surface area contributed by atoms with E-state index in [-0.39, 0.29) is 18.4 Å². The molecule has 1 N–H and O–H groups in total. The fourth-order valence-corrected chi connectivity index (χ4v) is 1.73. The molecule has 0 aliphatic carbocycles. The number of nitrogens with zero attached hydrogens (tertiary/aromatic N) is 3. The summed E-state index contributed by atoms with van der Waals surface area (Å²) < 4.78 is 1.21. The maximum Gasteiger partial charge on any atom is 0.303 e. The van der Waals surface area contributed by atoms with Crippen molar-refractivity contribution in [3.63, 3.8) is 0 Å². The molecule has 19 heavy (non-hydrogen) atoms. The van der Waals surface area contributed by atoms with Crippen LogP contribution in [0.5, 0.6) is 0 Å². The van der Waals surface area contributed by atoms with Crippen LogP contribution in [-0.4, -0.2) is 25.8 Å². The number of hydrogen-bond donors (Lipinski definition) is 1. The predicted octanol–water partition coefficient (Wildman–Crippen LogP) is 0.859. The summed E-state index contributed by atoms with van der Waals surface area (Å²) in [5.74, 6) is -0.932. The quantitative estimate of drug-likeness (QED) is 0.880. The monoisotopic (exact) mass is 259 g/mol. The first kappa shape index (κ1) is 12.9. The summed E-state index contributed by atoms with van der Waals surface area (Å²) in [6.07, 6.45) is 1.74. The average Bonchev–Trinajstić information content (AvgIpc) is 2.41. The lowest BCUT2D eigenvalue weighted by atomic mass is 10.1. The number of carboxylic acids is 1. The topological polar surface area (TPSA) is 85.1 Å². The van der Waals surface area contributed by atoms with Crippen LogP contribution in [0.4, 0.5) is 0 Å². The lowest BCUT2D eigenvalue weighted by molar-refractivity contribution is -0.136. The zero-order chi connectivity index (χ0) is 13.8. The number of hydrogen-bond acceptors (Lipinski definition) is 4. The lowest BCUT2D eigenvalue weighted by Gasteiger charge is -2.06.